The van der Waals surface area contributed by atoms with Crippen LogP contribution in [0, 0.1) is 5.92 Å². The van der Waals surface area contributed by atoms with Crippen LogP contribution in [0.25, 0.3) is 0 Å². The number of hydrogen-bond donors (Lipinski definition) is 0. The SMILES string of the molecule is O=CC1CCC(OCc2ccccc2)C1=O. The number of aldehydes is 1. The van der Waals surface area contributed by atoms with E-state index in [-0.39, 0.29) is 5.78 Å². The van der Waals surface area contributed by atoms with Gasteiger partial charge in [0.25, 0.3) is 0 Å². The molecule has 2 rings (SSSR count). The van der Waals surface area contributed by atoms with Crippen molar-refractivity contribution in [3.63, 3.8) is 0 Å². The van der Waals surface area contributed by atoms with Crippen LogP contribution in [0.4, 0.5) is 0 Å². The van der Waals surface area contributed by atoms with Gasteiger partial charge in [-0.1, -0.05) is 30.3 Å². The summed E-state index contributed by atoms with van der Waals surface area (Å²) < 4.78 is 5.52. The van der Waals surface area contributed by atoms with Crippen molar-refractivity contribution in [1.82, 2.24) is 0 Å². The van der Waals surface area contributed by atoms with Crippen molar-refractivity contribution < 1.29 is 14.3 Å². The first-order valence-electron chi connectivity index (χ1n) is 5.46. The highest BCUT2D eigenvalue weighted by Gasteiger charge is 2.34. The summed E-state index contributed by atoms with van der Waals surface area (Å²) in [7, 11) is 0. The molecule has 3 heteroatoms. The Balaban J connectivity index is 1.88. The number of Topliss-reactive ketones (excluding diaryl/α,β-unsaturated/α-hetero) is 1. The molecule has 0 bridgehead atoms. The number of ketones is 1. The van der Waals surface area contributed by atoms with Gasteiger partial charge in [-0.15, -0.1) is 0 Å². The summed E-state index contributed by atoms with van der Waals surface area (Å²) in [6.07, 6.45) is 1.63. The fourth-order valence-corrected chi connectivity index (χ4v) is 1.93. The molecule has 0 saturated heterocycles. The Labute approximate surface area is 94.4 Å². The summed E-state index contributed by atoms with van der Waals surface area (Å²) in [4.78, 5) is 22.2. The quantitative estimate of drug-likeness (QED) is 0.571. The minimum absolute atomic E-state index is 0.0640. The van der Waals surface area contributed by atoms with Crippen LogP contribution in [0.5, 0.6) is 0 Å². The summed E-state index contributed by atoms with van der Waals surface area (Å²) in [5, 5.41) is 0. The molecule has 3 nitrogen and oxygen atoms in total. The van der Waals surface area contributed by atoms with Crippen LogP contribution < -0.4 is 0 Å². The van der Waals surface area contributed by atoms with Gasteiger partial charge in [0, 0.05) is 0 Å². The molecule has 16 heavy (non-hydrogen) atoms. The fourth-order valence-electron chi connectivity index (χ4n) is 1.93. The average Bonchev–Trinajstić information content (AvgIpc) is 2.69. The Kier molecular flexibility index (Phi) is 3.47. The van der Waals surface area contributed by atoms with Crippen molar-refractivity contribution in [2.75, 3.05) is 0 Å². The Morgan fingerprint density at radius 3 is 2.62 bits per heavy atom. The van der Waals surface area contributed by atoms with Crippen molar-refractivity contribution >= 4 is 12.1 Å². The smallest absolute Gasteiger partial charge is 0.171 e. The van der Waals surface area contributed by atoms with Gasteiger partial charge in [-0.05, 0) is 18.4 Å². The molecule has 1 aliphatic rings. The molecule has 0 aromatic heterocycles. The van der Waals surface area contributed by atoms with Crippen molar-refractivity contribution in [3.8, 4) is 0 Å². The van der Waals surface area contributed by atoms with Crippen molar-refractivity contribution in [3.05, 3.63) is 35.9 Å². The summed E-state index contributed by atoms with van der Waals surface area (Å²) in [6, 6.07) is 9.71. The number of hydrogen-bond acceptors (Lipinski definition) is 3. The zero-order chi connectivity index (χ0) is 11.4. The summed E-state index contributed by atoms with van der Waals surface area (Å²) in [5.74, 6) is -0.508. The molecule has 0 aliphatic heterocycles. The number of rotatable bonds is 4. The molecule has 2 atom stereocenters. The fraction of sp³-hybridized carbons (Fsp3) is 0.385. The molecule has 0 radical (unpaired) electrons. The van der Waals surface area contributed by atoms with Crippen LogP contribution in [-0.2, 0) is 20.9 Å². The van der Waals surface area contributed by atoms with Gasteiger partial charge in [0.2, 0.25) is 0 Å². The second-order valence-corrected chi connectivity index (χ2v) is 4.01. The van der Waals surface area contributed by atoms with Gasteiger partial charge < -0.3 is 9.53 Å². The van der Waals surface area contributed by atoms with Crippen LogP contribution in [0.3, 0.4) is 0 Å². The highest BCUT2D eigenvalue weighted by molar-refractivity contribution is 5.97. The highest BCUT2D eigenvalue weighted by Crippen LogP contribution is 2.23. The van der Waals surface area contributed by atoms with E-state index in [1.54, 1.807) is 0 Å². The van der Waals surface area contributed by atoms with Gasteiger partial charge in [-0.25, -0.2) is 0 Å². The van der Waals surface area contributed by atoms with Gasteiger partial charge in [-0.3, -0.25) is 4.79 Å². The molecule has 1 aromatic rings. The molecule has 1 saturated carbocycles. The lowest BCUT2D eigenvalue weighted by atomic mass is 10.1. The highest BCUT2D eigenvalue weighted by atomic mass is 16.5. The van der Waals surface area contributed by atoms with E-state index in [2.05, 4.69) is 0 Å². The van der Waals surface area contributed by atoms with Crippen LogP contribution in [0.15, 0.2) is 30.3 Å². The lowest BCUT2D eigenvalue weighted by molar-refractivity contribution is -0.133. The van der Waals surface area contributed by atoms with Crippen LogP contribution in [0.2, 0.25) is 0 Å². The van der Waals surface area contributed by atoms with E-state index in [4.69, 9.17) is 4.74 Å². The summed E-state index contributed by atoms with van der Waals surface area (Å²) in [6.45, 7) is 0.433. The van der Waals surface area contributed by atoms with E-state index in [9.17, 15) is 9.59 Å². The first-order valence-corrected chi connectivity index (χ1v) is 5.46. The number of carbonyl (C=O) groups is 2. The number of benzene rings is 1. The van der Waals surface area contributed by atoms with Crippen LogP contribution in [0.1, 0.15) is 18.4 Å². The van der Waals surface area contributed by atoms with E-state index in [0.29, 0.717) is 19.4 Å². The summed E-state index contributed by atoms with van der Waals surface area (Å²) >= 11 is 0. The van der Waals surface area contributed by atoms with Crippen molar-refractivity contribution in [1.29, 1.82) is 0 Å². The Morgan fingerprint density at radius 2 is 2.00 bits per heavy atom. The van der Waals surface area contributed by atoms with Gasteiger partial charge in [-0.2, -0.15) is 0 Å². The topological polar surface area (TPSA) is 43.4 Å². The maximum absolute atomic E-state index is 11.6. The van der Waals surface area contributed by atoms with Gasteiger partial charge in [0.1, 0.15) is 12.4 Å². The third kappa shape index (κ3) is 2.36. The third-order valence-corrected chi connectivity index (χ3v) is 2.88. The van der Waals surface area contributed by atoms with Crippen molar-refractivity contribution in [2.24, 2.45) is 5.92 Å². The first-order chi connectivity index (χ1) is 7.81. The maximum atomic E-state index is 11.6. The molecule has 0 amide bonds. The minimum atomic E-state index is -0.444. The van der Waals surface area contributed by atoms with E-state index >= 15 is 0 Å². The van der Waals surface area contributed by atoms with Gasteiger partial charge >= 0.3 is 0 Å². The Hall–Kier alpha value is -1.48. The van der Waals surface area contributed by atoms with Crippen molar-refractivity contribution in [2.45, 2.75) is 25.6 Å². The van der Waals surface area contributed by atoms with E-state index in [0.717, 1.165) is 11.8 Å². The minimum Gasteiger partial charge on any atom is -0.366 e. The standard InChI is InChI=1S/C13H14O3/c14-8-11-6-7-12(13(11)15)16-9-10-4-2-1-3-5-10/h1-5,8,11-12H,6-7,9H2. The van der Waals surface area contributed by atoms with E-state index in [1.165, 1.54) is 0 Å². The first kappa shape index (κ1) is 11.0. The Bertz CT molecular complexity index is 372. The average molecular weight is 218 g/mol. The number of carbonyl (C=O) groups excluding carboxylic acids is 2. The molecular formula is C13H14O3. The molecule has 1 aromatic carbocycles. The molecule has 0 spiro atoms. The third-order valence-electron chi connectivity index (χ3n) is 2.88. The molecule has 2 unspecified atom stereocenters. The molecule has 1 fully saturated rings. The molecule has 0 N–H and O–H groups in total. The van der Waals surface area contributed by atoms with Gasteiger partial charge in [0.05, 0.1) is 12.5 Å². The zero-order valence-electron chi connectivity index (χ0n) is 8.96. The lowest BCUT2D eigenvalue weighted by Crippen LogP contribution is -2.22. The molecule has 1 aliphatic carbocycles. The predicted molar refractivity (Wildman–Crippen MR) is 58.8 cm³/mol. The predicted octanol–water partition coefficient (Wildman–Crippen LogP) is 1.75. The monoisotopic (exact) mass is 218 g/mol. The van der Waals surface area contributed by atoms with Gasteiger partial charge in [0.15, 0.2) is 5.78 Å². The number of ether oxygens (including phenoxy) is 1. The Morgan fingerprint density at radius 1 is 1.25 bits per heavy atom. The molecule has 84 valence electrons. The molecule has 0 heterocycles. The second-order valence-electron chi connectivity index (χ2n) is 4.01. The summed E-state index contributed by atoms with van der Waals surface area (Å²) in [5.41, 5.74) is 1.05. The van der Waals surface area contributed by atoms with Crippen LogP contribution >= 0.6 is 0 Å². The zero-order valence-corrected chi connectivity index (χ0v) is 8.96. The largest absolute Gasteiger partial charge is 0.366 e. The second kappa shape index (κ2) is 5.03. The molecular weight excluding hydrogens is 204 g/mol. The van der Waals surface area contributed by atoms with E-state index in [1.807, 2.05) is 30.3 Å². The normalized spacial score (nSPS) is 24.6. The maximum Gasteiger partial charge on any atom is 0.171 e. The van der Waals surface area contributed by atoms with E-state index < -0.39 is 12.0 Å². The lowest BCUT2D eigenvalue weighted by Gasteiger charge is -2.10. The van der Waals surface area contributed by atoms with Crippen LogP contribution in [-0.4, -0.2) is 18.2 Å².